The molecule has 2 atom stereocenters. The van der Waals surface area contributed by atoms with Crippen molar-refractivity contribution in [1.82, 2.24) is 20.3 Å². The number of carbonyl (C=O) groups is 1. The highest BCUT2D eigenvalue weighted by molar-refractivity contribution is 5.84. The van der Waals surface area contributed by atoms with E-state index in [2.05, 4.69) is 33.5 Å². The van der Waals surface area contributed by atoms with E-state index in [0.717, 1.165) is 16.5 Å². The number of hydrogen-bond donors (Lipinski definition) is 2. The summed E-state index contributed by atoms with van der Waals surface area (Å²) in [4.78, 5) is 18.2. The second-order valence-corrected chi connectivity index (χ2v) is 7.23. The van der Waals surface area contributed by atoms with Crippen LogP contribution in [0.15, 0.2) is 30.5 Å². The minimum atomic E-state index is -0.837. The number of carbonyl (C=O) groups excluding carboxylic acids is 1. The standard InChI is InChI=1S/C18H26N4O3/c1-18(2,3)24-17(23)16-20-15(22(25-16)11-19-4)13-10-21(5)14-9-7-6-8-12(13)14/h6-10,15-16,19-20H,11H2,1-5H3. The van der Waals surface area contributed by atoms with Crippen LogP contribution >= 0.6 is 0 Å². The van der Waals surface area contributed by atoms with E-state index in [1.807, 2.05) is 47.0 Å². The first-order valence-corrected chi connectivity index (χ1v) is 8.41. The van der Waals surface area contributed by atoms with Gasteiger partial charge in [-0.25, -0.2) is 4.79 Å². The highest BCUT2D eigenvalue weighted by Crippen LogP contribution is 2.32. The molecule has 7 heteroatoms. The van der Waals surface area contributed by atoms with Crippen molar-refractivity contribution in [2.45, 2.75) is 38.8 Å². The van der Waals surface area contributed by atoms with Crippen molar-refractivity contribution in [3.05, 3.63) is 36.0 Å². The van der Waals surface area contributed by atoms with Crippen molar-refractivity contribution in [2.24, 2.45) is 7.05 Å². The lowest BCUT2D eigenvalue weighted by Crippen LogP contribution is -2.38. The number of aryl methyl sites for hydroxylation is 1. The molecular formula is C18H26N4O3. The van der Waals surface area contributed by atoms with E-state index in [-0.39, 0.29) is 6.17 Å². The fourth-order valence-electron chi connectivity index (χ4n) is 3.04. The van der Waals surface area contributed by atoms with Gasteiger partial charge in [-0.2, -0.15) is 5.06 Å². The molecule has 3 rings (SSSR count). The van der Waals surface area contributed by atoms with Gasteiger partial charge in [-0.1, -0.05) is 18.2 Å². The van der Waals surface area contributed by atoms with Crippen LogP contribution < -0.4 is 10.6 Å². The molecule has 1 aliphatic heterocycles. The van der Waals surface area contributed by atoms with Crippen LogP contribution in [0.2, 0.25) is 0 Å². The molecule has 2 aromatic rings. The molecule has 2 unspecified atom stereocenters. The van der Waals surface area contributed by atoms with Gasteiger partial charge < -0.3 is 14.6 Å². The predicted octanol–water partition coefficient (Wildman–Crippen LogP) is 1.86. The number of para-hydroxylation sites is 1. The number of benzene rings is 1. The number of nitrogens with zero attached hydrogens (tertiary/aromatic N) is 2. The third-order valence-electron chi connectivity index (χ3n) is 4.00. The normalized spacial score (nSPS) is 21.8. The van der Waals surface area contributed by atoms with E-state index in [1.165, 1.54) is 0 Å². The molecule has 136 valence electrons. The third kappa shape index (κ3) is 3.69. The van der Waals surface area contributed by atoms with E-state index in [9.17, 15) is 4.79 Å². The molecule has 1 fully saturated rings. The van der Waals surface area contributed by atoms with Gasteiger partial charge in [0.25, 0.3) is 0 Å². The number of esters is 1. The van der Waals surface area contributed by atoms with Crippen LogP contribution in [0.1, 0.15) is 32.5 Å². The Hall–Kier alpha value is -1.93. The van der Waals surface area contributed by atoms with E-state index in [4.69, 9.17) is 9.57 Å². The van der Waals surface area contributed by atoms with Crippen molar-refractivity contribution in [3.8, 4) is 0 Å². The number of fused-ring (bicyclic) bond motifs is 1. The highest BCUT2D eigenvalue weighted by Gasteiger charge is 2.40. The Bertz CT molecular complexity index is 765. The molecule has 2 heterocycles. The number of hydroxylamine groups is 2. The van der Waals surface area contributed by atoms with Gasteiger partial charge in [0.15, 0.2) is 0 Å². The monoisotopic (exact) mass is 346 g/mol. The predicted molar refractivity (Wildman–Crippen MR) is 95.3 cm³/mol. The molecule has 1 aromatic heterocycles. The summed E-state index contributed by atoms with van der Waals surface area (Å²) < 4.78 is 7.52. The Morgan fingerprint density at radius 2 is 2.08 bits per heavy atom. The summed E-state index contributed by atoms with van der Waals surface area (Å²) in [7, 11) is 3.85. The first-order valence-electron chi connectivity index (χ1n) is 8.41. The van der Waals surface area contributed by atoms with Gasteiger partial charge >= 0.3 is 5.97 Å². The third-order valence-corrected chi connectivity index (χ3v) is 4.00. The first kappa shape index (κ1) is 17.9. The van der Waals surface area contributed by atoms with Gasteiger partial charge in [0.05, 0.1) is 6.67 Å². The maximum Gasteiger partial charge on any atom is 0.353 e. The van der Waals surface area contributed by atoms with Crippen LogP contribution in [0, 0.1) is 0 Å². The van der Waals surface area contributed by atoms with Crippen LogP contribution in [0.3, 0.4) is 0 Å². The lowest BCUT2D eigenvalue weighted by Gasteiger charge is -2.21. The fourth-order valence-corrected chi connectivity index (χ4v) is 3.04. The average molecular weight is 346 g/mol. The largest absolute Gasteiger partial charge is 0.457 e. The molecule has 0 saturated carbocycles. The molecule has 0 aliphatic carbocycles. The van der Waals surface area contributed by atoms with Gasteiger partial charge in [0.2, 0.25) is 6.23 Å². The van der Waals surface area contributed by atoms with Gasteiger partial charge in [-0.05, 0) is 33.9 Å². The van der Waals surface area contributed by atoms with Crippen molar-refractivity contribution in [3.63, 3.8) is 0 Å². The topological polar surface area (TPSA) is 67.8 Å². The van der Waals surface area contributed by atoms with Crippen molar-refractivity contribution < 1.29 is 14.4 Å². The van der Waals surface area contributed by atoms with E-state index in [1.54, 1.807) is 5.06 Å². The molecule has 0 bridgehead atoms. The molecule has 25 heavy (non-hydrogen) atoms. The van der Waals surface area contributed by atoms with Crippen molar-refractivity contribution >= 4 is 16.9 Å². The van der Waals surface area contributed by atoms with Crippen LogP contribution in [0.5, 0.6) is 0 Å². The molecular weight excluding hydrogens is 320 g/mol. The molecule has 1 aliphatic rings. The van der Waals surface area contributed by atoms with E-state index in [0.29, 0.717) is 6.67 Å². The molecule has 1 aromatic carbocycles. The molecule has 1 saturated heterocycles. The summed E-state index contributed by atoms with van der Waals surface area (Å²) in [5.41, 5.74) is 1.62. The van der Waals surface area contributed by atoms with E-state index >= 15 is 0 Å². The second-order valence-electron chi connectivity index (χ2n) is 7.23. The van der Waals surface area contributed by atoms with Crippen LogP contribution in [-0.4, -0.2) is 41.1 Å². The maximum absolute atomic E-state index is 12.4. The zero-order chi connectivity index (χ0) is 18.2. The Morgan fingerprint density at radius 3 is 2.76 bits per heavy atom. The number of rotatable bonds is 4. The molecule has 2 N–H and O–H groups in total. The quantitative estimate of drug-likeness (QED) is 0.824. The number of aromatic nitrogens is 1. The SMILES string of the molecule is CNCN1OC(C(=O)OC(C)(C)C)NC1c1cn(C)c2ccccc12. The van der Waals surface area contributed by atoms with Gasteiger partial charge in [-0.3, -0.25) is 10.2 Å². The summed E-state index contributed by atoms with van der Waals surface area (Å²) in [5, 5.41) is 9.17. The molecule has 0 amide bonds. The van der Waals surface area contributed by atoms with Crippen molar-refractivity contribution in [2.75, 3.05) is 13.7 Å². The lowest BCUT2D eigenvalue weighted by molar-refractivity contribution is -0.199. The summed E-state index contributed by atoms with van der Waals surface area (Å²) in [6.07, 6.45) is 0.971. The Labute approximate surface area is 147 Å². The zero-order valence-electron chi connectivity index (χ0n) is 15.4. The summed E-state index contributed by atoms with van der Waals surface area (Å²) in [6.45, 7) is 5.99. The Kier molecular flexibility index (Phi) is 4.83. The highest BCUT2D eigenvalue weighted by atomic mass is 16.7. The summed E-state index contributed by atoms with van der Waals surface area (Å²) >= 11 is 0. The van der Waals surface area contributed by atoms with Crippen LogP contribution in [0.4, 0.5) is 0 Å². The zero-order valence-corrected chi connectivity index (χ0v) is 15.4. The fraction of sp³-hybridized carbons (Fsp3) is 0.500. The minimum absolute atomic E-state index is 0.254. The van der Waals surface area contributed by atoms with Crippen LogP contribution in [0.25, 0.3) is 10.9 Å². The Morgan fingerprint density at radius 1 is 1.36 bits per heavy atom. The van der Waals surface area contributed by atoms with Crippen molar-refractivity contribution in [1.29, 1.82) is 0 Å². The molecule has 0 spiro atoms. The van der Waals surface area contributed by atoms with Gasteiger partial charge in [-0.15, -0.1) is 0 Å². The second kappa shape index (κ2) is 6.76. The molecule has 7 nitrogen and oxygen atoms in total. The smallest absolute Gasteiger partial charge is 0.353 e. The number of ether oxygens (including phenoxy) is 1. The van der Waals surface area contributed by atoms with Crippen LogP contribution in [-0.2, 0) is 21.4 Å². The number of hydrogen-bond acceptors (Lipinski definition) is 6. The van der Waals surface area contributed by atoms with Gasteiger partial charge in [0.1, 0.15) is 11.8 Å². The molecule has 0 radical (unpaired) electrons. The first-order chi connectivity index (χ1) is 11.8. The lowest BCUT2D eigenvalue weighted by atomic mass is 10.1. The van der Waals surface area contributed by atoms with E-state index < -0.39 is 17.8 Å². The maximum atomic E-state index is 12.4. The number of nitrogens with one attached hydrogen (secondary N) is 2. The Balaban J connectivity index is 1.89. The average Bonchev–Trinajstić information content (AvgIpc) is 3.08. The minimum Gasteiger partial charge on any atom is -0.457 e. The summed E-state index contributed by atoms with van der Waals surface area (Å²) in [6, 6.07) is 8.17. The summed E-state index contributed by atoms with van der Waals surface area (Å²) in [5.74, 6) is -0.420. The van der Waals surface area contributed by atoms with Gasteiger partial charge in [0, 0.05) is 29.7 Å².